The Kier molecular flexibility index (Phi) is 6.33. The Morgan fingerprint density at radius 3 is 2.36 bits per heavy atom. The fraction of sp³-hybridized carbons (Fsp3) is 0.316. The Morgan fingerprint density at radius 1 is 1.12 bits per heavy atom. The van der Waals surface area contributed by atoms with E-state index >= 15 is 0 Å². The molecule has 0 aliphatic carbocycles. The average molecular weight is 348 g/mol. The van der Waals surface area contributed by atoms with Gasteiger partial charge in [0.2, 0.25) is 0 Å². The van der Waals surface area contributed by atoms with Gasteiger partial charge in [0, 0.05) is 38.4 Å². The van der Waals surface area contributed by atoms with Gasteiger partial charge in [-0.2, -0.15) is 8.78 Å². The first kappa shape index (κ1) is 18.7. The molecule has 0 atom stereocenters. The summed E-state index contributed by atoms with van der Waals surface area (Å²) in [6, 6.07) is 13.8. The quantitative estimate of drug-likeness (QED) is 0.758. The molecule has 0 bridgehead atoms. The summed E-state index contributed by atoms with van der Waals surface area (Å²) in [6.45, 7) is -0.0780. The van der Waals surface area contributed by atoms with Crippen LogP contribution < -0.4 is 9.64 Å². The Labute approximate surface area is 146 Å². The number of amides is 1. The van der Waals surface area contributed by atoms with Crippen molar-refractivity contribution < 1.29 is 18.3 Å². The maximum absolute atomic E-state index is 12.7. The van der Waals surface area contributed by atoms with Crippen molar-refractivity contribution in [1.29, 1.82) is 0 Å². The van der Waals surface area contributed by atoms with Crippen LogP contribution in [0.4, 0.5) is 14.5 Å². The molecule has 0 unspecified atom stereocenters. The second-order valence-electron chi connectivity index (χ2n) is 5.79. The summed E-state index contributed by atoms with van der Waals surface area (Å²) in [6.07, 6.45) is 0. The van der Waals surface area contributed by atoms with Gasteiger partial charge in [-0.15, -0.1) is 0 Å². The zero-order valence-corrected chi connectivity index (χ0v) is 14.6. The standard InChI is InChI=1S/C19H22F2N2O2/c1-4-23(13-14-8-10-16(11-9-14)22(2)3)18(24)15-6-5-7-17(12-15)25-19(20)21/h5-12,19H,4,13H2,1-3H3. The van der Waals surface area contributed by atoms with Gasteiger partial charge >= 0.3 is 6.61 Å². The van der Waals surface area contributed by atoms with E-state index in [4.69, 9.17) is 0 Å². The summed E-state index contributed by atoms with van der Waals surface area (Å²) in [7, 11) is 3.93. The minimum atomic E-state index is -2.91. The SMILES string of the molecule is CCN(Cc1ccc(N(C)C)cc1)C(=O)c1cccc(OC(F)F)c1. The third-order valence-electron chi connectivity index (χ3n) is 3.80. The van der Waals surface area contributed by atoms with Gasteiger partial charge in [-0.05, 0) is 42.8 Å². The lowest BCUT2D eigenvalue weighted by Crippen LogP contribution is -2.30. The van der Waals surface area contributed by atoms with E-state index in [9.17, 15) is 13.6 Å². The number of anilines is 1. The fourth-order valence-electron chi connectivity index (χ4n) is 2.43. The zero-order chi connectivity index (χ0) is 18.4. The number of ether oxygens (including phenoxy) is 1. The summed E-state index contributed by atoms with van der Waals surface area (Å²) in [5.41, 5.74) is 2.40. The van der Waals surface area contributed by atoms with E-state index in [0.717, 1.165) is 11.3 Å². The van der Waals surface area contributed by atoms with Crippen LogP contribution in [0.25, 0.3) is 0 Å². The van der Waals surface area contributed by atoms with Crippen LogP contribution in [0.2, 0.25) is 0 Å². The van der Waals surface area contributed by atoms with Crippen molar-refractivity contribution in [2.24, 2.45) is 0 Å². The molecule has 2 aromatic carbocycles. The molecule has 0 aliphatic rings. The van der Waals surface area contributed by atoms with Crippen LogP contribution in [-0.4, -0.2) is 38.1 Å². The van der Waals surface area contributed by atoms with Crippen molar-refractivity contribution in [3.8, 4) is 5.75 Å². The van der Waals surface area contributed by atoms with Gasteiger partial charge in [-0.25, -0.2) is 0 Å². The molecular weight excluding hydrogens is 326 g/mol. The highest BCUT2D eigenvalue weighted by Gasteiger charge is 2.16. The first-order chi connectivity index (χ1) is 11.9. The molecule has 134 valence electrons. The molecule has 0 N–H and O–H groups in total. The Bertz CT molecular complexity index is 703. The third kappa shape index (κ3) is 5.17. The first-order valence-corrected chi connectivity index (χ1v) is 8.01. The van der Waals surface area contributed by atoms with Crippen molar-refractivity contribution in [3.63, 3.8) is 0 Å². The van der Waals surface area contributed by atoms with Crippen LogP contribution in [0.5, 0.6) is 5.75 Å². The highest BCUT2D eigenvalue weighted by Crippen LogP contribution is 2.19. The van der Waals surface area contributed by atoms with Gasteiger partial charge in [-0.1, -0.05) is 18.2 Å². The number of carbonyl (C=O) groups is 1. The second-order valence-corrected chi connectivity index (χ2v) is 5.79. The fourth-order valence-corrected chi connectivity index (χ4v) is 2.43. The summed E-state index contributed by atoms with van der Waals surface area (Å²) in [5.74, 6) is -0.244. The van der Waals surface area contributed by atoms with E-state index in [1.807, 2.05) is 50.2 Å². The second kappa shape index (κ2) is 8.46. The normalized spacial score (nSPS) is 10.6. The Hall–Kier alpha value is -2.63. The van der Waals surface area contributed by atoms with Gasteiger partial charge in [0.15, 0.2) is 0 Å². The third-order valence-corrected chi connectivity index (χ3v) is 3.80. The van der Waals surface area contributed by atoms with Crippen LogP contribution >= 0.6 is 0 Å². The van der Waals surface area contributed by atoms with Crippen molar-refractivity contribution >= 4 is 11.6 Å². The smallest absolute Gasteiger partial charge is 0.387 e. The number of alkyl halides is 2. The Morgan fingerprint density at radius 2 is 1.80 bits per heavy atom. The molecule has 0 aliphatic heterocycles. The Balaban J connectivity index is 2.12. The van der Waals surface area contributed by atoms with E-state index in [1.54, 1.807) is 11.0 Å². The lowest BCUT2D eigenvalue weighted by molar-refractivity contribution is -0.0499. The molecular formula is C19H22F2N2O2. The highest BCUT2D eigenvalue weighted by atomic mass is 19.3. The summed E-state index contributed by atoms with van der Waals surface area (Å²) in [5, 5.41) is 0. The number of hydrogen-bond acceptors (Lipinski definition) is 3. The van der Waals surface area contributed by atoms with Gasteiger partial charge < -0.3 is 14.5 Å². The number of nitrogens with zero attached hydrogens (tertiary/aromatic N) is 2. The molecule has 25 heavy (non-hydrogen) atoms. The monoisotopic (exact) mass is 348 g/mol. The first-order valence-electron chi connectivity index (χ1n) is 8.01. The van der Waals surface area contributed by atoms with Gasteiger partial charge in [0.05, 0.1) is 0 Å². The van der Waals surface area contributed by atoms with E-state index in [1.165, 1.54) is 18.2 Å². The van der Waals surface area contributed by atoms with Gasteiger partial charge in [0.25, 0.3) is 5.91 Å². The molecule has 4 nitrogen and oxygen atoms in total. The number of hydrogen-bond donors (Lipinski definition) is 0. The number of benzene rings is 2. The average Bonchev–Trinajstić information content (AvgIpc) is 2.59. The molecule has 0 radical (unpaired) electrons. The predicted molar refractivity (Wildman–Crippen MR) is 94.3 cm³/mol. The van der Waals surface area contributed by atoms with E-state index in [-0.39, 0.29) is 11.7 Å². The van der Waals surface area contributed by atoms with Gasteiger partial charge in [-0.3, -0.25) is 4.79 Å². The molecule has 2 aromatic rings. The molecule has 1 amide bonds. The highest BCUT2D eigenvalue weighted by molar-refractivity contribution is 5.94. The van der Waals surface area contributed by atoms with E-state index in [0.29, 0.717) is 18.7 Å². The minimum Gasteiger partial charge on any atom is -0.435 e. The molecule has 6 heteroatoms. The minimum absolute atomic E-state index is 0.0211. The van der Waals surface area contributed by atoms with Gasteiger partial charge in [0.1, 0.15) is 5.75 Å². The number of rotatable bonds is 7. The summed E-state index contributed by atoms with van der Waals surface area (Å²) in [4.78, 5) is 16.3. The number of halogens is 2. The predicted octanol–water partition coefficient (Wildman–Crippen LogP) is 4.02. The van der Waals surface area contributed by atoms with Crippen molar-refractivity contribution in [3.05, 3.63) is 59.7 Å². The summed E-state index contributed by atoms with van der Waals surface area (Å²) >= 11 is 0. The van der Waals surface area contributed by atoms with Crippen LogP contribution in [0, 0.1) is 0 Å². The van der Waals surface area contributed by atoms with Crippen LogP contribution in [-0.2, 0) is 6.54 Å². The topological polar surface area (TPSA) is 32.8 Å². The maximum Gasteiger partial charge on any atom is 0.387 e. The lowest BCUT2D eigenvalue weighted by atomic mass is 10.1. The van der Waals surface area contributed by atoms with Crippen LogP contribution in [0.15, 0.2) is 48.5 Å². The zero-order valence-electron chi connectivity index (χ0n) is 14.6. The molecule has 0 saturated heterocycles. The van der Waals surface area contributed by atoms with Crippen molar-refractivity contribution in [2.75, 3.05) is 25.5 Å². The summed E-state index contributed by atoms with van der Waals surface area (Å²) < 4.78 is 29.0. The molecule has 0 heterocycles. The molecule has 2 rings (SSSR count). The molecule has 0 fully saturated rings. The molecule has 0 spiro atoms. The van der Waals surface area contributed by atoms with Crippen LogP contribution in [0.3, 0.4) is 0 Å². The van der Waals surface area contributed by atoms with Crippen molar-refractivity contribution in [1.82, 2.24) is 4.90 Å². The maximum atomic E-state index is 12.7. The molecule has 0 saturated carbocycles. The van der Waals surface area contributed by atoms with E-state index in [2.05, 4.69) is 4.74 Å². The molecule has 0 aromatic heterocycles. The van der Waals surface area contributed by atoms with Crippen molar-refractivity contribution in [2.45, 2.75) is 20.1 Å². The lowest BCUT2D eigenvalue weighted by Gasteiger charge is -2.22. The largest absolute Gasteiger partial charge is 0.435 e. The number of carbonyl (C=O) groups excluding carboxylic acids is 1. The van der Waals surface area contributed by atoms with E-state index < -0.39 is 6.61 Å². The van der Waals surface area contributed by atoms with Crippen LogP contribution in [0.1, 0.15) is 22.8 Å².